The standard InChI is InChI=1S/C20H28BNO4/c1-17(2)18(3,4)26-21(25-17)19-8-20(9-19,10-19)22-15(23)13-11-5-6-12(7-11)14(13)16(22)24/h11-14H,5-10H2,1-4H3. The van der Waals surface area contributed by atoms with Gasteiger partial charge in [0.1, 0.15) is 0 Å². The molecule has 5 aliphatic carbocycles. The van der Waals surface area contributed by atoms with Crippen LogP contribution in [0.15, 0.2) is 0 Å². The minimum absolute atomic E-state index is 0.00226. The fraction of sp³-hybridized carbons (Fsp3) is 0.900. The van der Waals surface area contributed by atoms with Gasteiger partial charge in [-0.25, -0.2) is 0 Å². The summed E-state index contributed by atoms with van der Waals surface area (Å²) < 4.78 is 12.6. The van der Waals surface area contributed by atoms with Gasteiger partial charge in [-0.15, -0.1) is 0 Å². The largest absolute Gasteiger partial charge is 0.464 e. The van der Waals surface area contributed by atoms with Gasteiger partial charge in [0.25, 0.3) is 0 Å². The molecule has 140 valence electrons. The van der Waals surface area contributed by atoms with E-state index in [9.17, 15) is 9.59 Å². The number of imide groups is 1. The first kappa shape index (κ1) is 16.1. The molecule has 0 aromatic carbocycles. The van der Waals surface area contributed by atoms with E-state index in [1.165, 1.54) is 0 Å². The van der Waals surface area contributed by atoms with Gasteiger partial charge in [0.05, 0.1) is 28.6 Å². The fourth-order valence-electron chi connectivity index (χ4n) is 7.27. The van der Waals surface area contributed by atoms with Crippen molar-refractivity contribution in [1.82, 2.24) is 4.90 Å². The monoisotopic (exact) mass is 357 g/mol. The third-order valence-corrected chi connectivity index (χ3v) is 9.20. The lowest BCUT2D eigenvalue weighted by Gasteiger charge is -2.72. The van der Waals surface area contributed by atoms with Crippen molar-refractivity contribution in [3.63, 3.8) is 0 Å². The summed E-state index contributed by atoms with van der Waals surface area (Å²) in [4.78, 5) is 28.0. The van der Waals surface area contributed by atoms with Crippen LogP contribution in [-0.2, 0) is 18.9 Å². The van der Waals surface area contributed by atoms with Crippen molar-refractivity contribution in [1.29, 1.82) is 0 Å². The highest BCUT2D eigenvalue weighted by Crippen LogP contribution is 2.79. The molecule has 2 amide bonds. The molecule has 5 saturated carbocycles. The number of likely N-dealkylation sites (tertiary alicyclic amines) is 1. The first-order chi connectivity index (χ1) is 12.1. The van der Waals surface area contributed by atoms with Gasteiger partial charge in [-0.3, -0.25) is 14.5 Å². The van der Waals surface area contributed by atoms with Gasteiger partial charge in [0.15, 0.2) is 0 Å². The first-order valence-corrected chi connectivity index (χ1v) is 10.3. The fourth-order valence-corrected chi connectivity index (χ4v) is 7.27. The van der Waals surface area contributed by atoms with Crippen molar-refractivity contribution in [2.45, 2.75) is 88.3 Å². The molecular formula is C20H28BNO4. The molecule has 6 heteroatoms. The topological polar surface area (TPSA) is 55.8 Å². The lowest BCUT2D eigenvalue weighted by molar-refractivity contribution is -0.178. The normalized spacial score (nSPS) is 52.3. The summed E-state index contributed by atoms with van der Waals surface area (Å²) in [7, 11) is -0.210. The Labute approximate surface area is 155 Å². The number of fused-ring (bicyclic) bond motifs is 5. The first-order valence-electron chi connectivity index (χ1n) is 10.3. The Kier molecular flexibility index (Phi) is 2.63. The van der Waals surface area contributed by atoms with Crippen LogP contribution >= 0.6 is 0 Å². The number of hydrogen-bond donors (Lipinski definition) is 0. The summed E-state index contributed by atoms with van der Waals surface area (Å²) in [5.41, 5.74) is -0.868. The van der Waals surface area contributed by atoms with Crippen LogP contribution in [0, 0.1) is 23.7 Å². The second kappa shape index (κ2) is 4.25. The summed E-state index contributed by atoms with van der Waals surface area (Å²) in [5, 5.41) is 0.00226. The Morgan fingerprint density at radius 1 is 0.885 bits per heavy atom. The Balaban J connectivity index is 1.22. The summed E-state index contributed by atoms with van der Waals surface area (Å²) in [6.45, 7) is 8.33. The quantitative estimate of drug-likeness (QED) is 0.563. The Morgan fingerprint density at radius 2 is 1.35 bits per heavy atom. The average Bonchev–Trinajstić information content (AvgIpc) is 3.15. The van der Waals surface area contributed by atoms with E-state index in [2.05, 4.69) is 27.7 Å². The maximum absolute atomic E-state index is 13.1. The molecule has 0 spiro atoms. The molecular weight excluding hydrogens is 329 g/mol. The van der Waals surface area contributed by atoms with Gasteiger partial charge >= 0.3 is 7.12 Å². The third-order valence-electron chi connectivity index (χ3n) is 9.20. The molecule has 2 heterocycles. The number of carbonyl (C=O) groups is 2. The summed E-state index contributed by atoms with van der Waals surface area (Å²) >= 11 is 0. The van der Waals surface area contributed by atoms with Crippen molar-refractivity contribution in [3.8, 4) is 0 Å². The van der Waals surface area contributed by atoms with E-state index >= 15 is 0 Å². The van der Waals surface area contributed by atoms with Crippen LogP contribution in [0.5, 0.6) is 0 Å². The molecule has 0 radical (unpaired) electrons. The number of hydrogen-bond acceptors (Lipinski definition) is 4. The smallest absolute Gasteiger partial charge is 0.403 e. The Hall–Kier alpha value is -0.875. The van der Waals surface area contributed by atoms with Gasteiger partial charge in [0, 0.05) is 5.31 Å². The molecule has 7 aliphatic rings. The molecule has 0 N–H and O–H groups in total. The highest BCUT2D eigenvalue weighted by atomic mass is 16.7. The molecule has 4 bridgehead atoms. The van der Waals surface area contributed by atoms with Gasteiger partial charge < -0.3 is 9.31 Å². The van der Waals surface area contributed by atoms with E-state index in [1.54, 1.807) is 4.90 Å². The minimum atomic E-state index is -0.324. The third kappa shape index (κ3) is 1.56. The van der Waals surface area contributed by atoms with Gasteiger partial charge in [-0.05, 0) is 78.1 Å². The molecule has 2 saturated heterocycles. The maximum atomic E-state index is 13.1. The Bertz CT molecular complexity index is 682. The van der Waals surface area contributed by atoms with E-state index in [-0.39, 0.29) is 52.8 Å². The van der Waals surface area contributed by atoms with E-state index in [0.29, 0.717) is 11.8 Å². The van der Waals surface area contributed by atoms with Crippen LogP contribution < -0.4 is 0 Å². The van der Waals surface area contributed by atoms with Crippen LogP contribution in [0.1, 0.15) is 66.2 Å². The van der Waals surface area contributed by atoms with E-state index in [4.69, 9.17) is 9.31 Å². The highest BCUT2D eigenvalue weighted by Gasteiger charge is 2.81. The molecule has 5 nitrogen and oxygen atoms in total. The van der Waals surface area contributed by atoms with E-state index < -0.39 is 0 Å². The summed E-state index contributed by atoms with van der Waals surface area (Å²) in [6, 6.07) is 0. The van der Waals surface area contributed by atoms with Crippen LogP contribution in [0.2, 0.25) is 5.31 Å². The lowest BCUT2D eigenvalue weighted by atomic mass is 9.26. The molecule has 2 aliphatic heterocycles. The molecule has 0 aromatic rings. The number of amides is 2. The summed E-state index contributed by atoms with van der Waals surface area (Å²) in [5.74, 6) is 1.24. The van der Waals surface area contributed by atoms with Crippen LogP contribution in [-0.4, -0.2) is 40.6 Å². The predicted molar refractivity (Wildman–Crippen MR) is 95.0 cm³/mol. The molecule has 7 fully saturated rings. The van der Waals surface area contributed by atoms with Crippen LogP contribution in [0.3, 0.4) is 0 Å². The van der Waals surface area contributed by atoms with Gasteiger partial charge in [0.2, 0.25) is 11.8 Å². The molecule has 7 rings (SSSR count). The second-order valence-electron chi connectivity index (χ2n) is 11.1. The van der Waals surface area contributed by atoms with Gasteiger partial charge in [-0.2, -0.15) is 0 Å². The van der Waals surface area contributed by atoms with Gasteiger partial charge in [-0.1, -0.05) is 0 Å². The molecule has 4 unspecified atom stereocenters. The van der Waals surface area contributed by atoms with E-state index in [1.807, 2.05) is 0 Å². The number of rotatable bonds is 2. The molecule has 4 atom stereocenters. The maximum Gasteiger partial charge on any atom is 0.464 e. The highest BCUT2D eigenvalue weighted by molar-refractivity contribution is 6.51. The van der Waals surface area contributed by atoms with Crippen LogP contribution in [0.4, 0.5) is 0 Å². The van der Waals surface area contributed by atoms with Crippen molar-refractivity contribution < 1.29 is 18.9 Å². The second-order valence-corrected chi connectivity index (χ2v) is 11.1. The predicted octanol–water partition coefficient (Wildman–Crippen LogP) is 2.79. The van der Waals surface area contributed by atoms with Crippen molar-refractivity contribution >= 4 is 18.9 Å². The SMILES string of the molecule is CC1(C)OB(C23CC(N4C(=O)C5C6CCC(C6)C5C4=O)(C2)C3)OC1(C)C. The van der Waals surface area contributed by atoms with Crippen molar-refractivity contribution in [3.05, 3.63) is 0 Å². The van der Waals surface area contributed by atoms with Crippen molar-refractivity contribution in [2.24, 2.45) is 23.7 Å². The lowest BCUT2D eigenvalue weighted by Crippen LogP contribution is -2.76. The van der Waals surface area contributed by atoms with Crippen LogP contribution in [0.25, 0.3) is 0 Å². The average molecular weight is 357 g/mol. The Morgan fingerprint density at radius 3 is 1.81 bits per heavy atom. The molecule has 26 heavy (non-hydrogen) atoms. The van der Waals surface area contributed by atoms with Crippen molar-refractivity contribution in [2.75, 3.05) is 0 Å². The minimum Gasteiger partial charge on any atom is -0.403 e. The number of carbonyl (C=O) groups excluding carboxylic acids is 2. The summed E-state index contributed by atoms with van der Waals surface area (Å²) in [6.07, 6.45) is 5.98. The zero-order valence-electron chi connectivity index (χ0n) is 16.2. The zero-order chi connectivity index (χ0) is 18.3. The van der Waals surface area contributed by atoms with E-state index in [0.717, 1.165) is 38.5 Å². The zero-order valence-corrected chi connectivity index (χ0v) is 16.2. The number of nitrogens with zero attached hydrogens (tertiary/aromatic N) is 1. The molecule has 0 aromatic heterocycles.